The number of carbonyl (C=O) groups is 1. The summed E-state index contributed by atoms with van der Waals surface area (Å²) in [5.41, 5.74) is 0. The van der Waals surface area contributed by atoms with Crippen LogP contribution in [0.2, 0.25) is 5.02 Å². The summed E-state index contributed by atoms with van der Waals surface area (Å²) in [5, 5.41) is 3.02. The zero-order chi connectivity index (χ0) is 16.3. The van der Waals surface area contributed by atoms with Crippen molar-refractivity contribution in [1.82, 2.24) is 14.5 Å². The van der Waals surface area contributed by atoms with Gasteiger partial charge in [-0.05, 0) is 26.0 Å². The van der Waals surface area contributed by atoms with Crippen LogP contribution in [0.4, 0.5) is 4.79 Å². The number of rotatable bonds is 3. The van der Waals surface area contributed by atoms with Crippen molar-refractivity contribution in [3.05, 3.63) is 29.3 Å². The lowest BCUT2D eigenvalue weighted by Gasteiger charge is -2.34. The number of hydrogen-bond acceptors (Lipinski definition) is 3. The monoisotopic (exact) mass is 345 g/mol. The van der Waals surface area contributed by atoms with Gasteiger partial charge in [-0.2, -0.15) is 4.31 Å². The summed E-state index contributed by atoms with van der Waals surface area (Å²) in [6.07, 6.45) is 0. The number of nitrogens with one attached hydrogen (secondary N) is 1. The maximum absolute atomic E-state index is 12.6. The van der Waals surface area contributed by atoms with Crippen molar-refractivity contribution in [2.24, 2.45) is 0 Å². The predicted octanol–water partition coefficient (Wildman–Crippen LogP) is 1.76. The molecule has 0 aliphatic carbocycles. The van der Waals surface area contributed by atoms with Gasteiger partial charge in [0, 0.05) is 32.2 Å². The maximum Gasteiger partial charge on any atom is 0.317 e. The molecule has 122 valence electrons. The number of piperazine rings is 1. The third-order valence-electron chi connectivity index (χ3n) is 3.39. The molecule has 1 aliphatic heterocycles. The van der Waals surface area contributed by atoms with E-state index >= 15 is 0 Å². The van der Waals surface area contributed by atoms with Gasteiger partial charge >= 0.3 is 6.03 Å². The average Bonchev–Trinajstić information content (AvgIpc) is 2.47. The van der Waals surface area contributed by atoms with E-state index in [0.29, 0.717) is 13.1 Å². The molecule has 1 aromatic carbocycles. The number of hydrogen-bond donors (Lipinski definition) is 1. The zero-order valence-electron chi connectivity index (χ0n) is 12.6. The molecule has 2 rings (SSSR count). The fraction of sp³-hybridized carbons (Fsp3) is 0.500. The van der Waals surface area contributed by atoms with Crippen LogP contribution >= 0.6 is 11.6 Å². The molecule has 0 unspecified atom stereocenters. The van der Waals surface area contributed by atoms with Crippen LogP contribution in [-0.2, 0) is 10.0 Å². The first kappa shape index (κ1) is 17.1. The molecule has 22 heavy (non-hydrogen) atoms. The molecule has 1 fully saturated rings. The molecule has 1 aromatic rings. The first-order chi connectivity index (χ1) is 10.3. The molecule has 0 bridgehead atoms. The van der Waals surface area contributed by atoms with Crippen LogP contribution in [0.15, 0.2) is 29.2 Å². The molecule has 2 amide bonds. The molecule has 8 heteroatoms. The molecule has 1 N–H and O–H groups in total. The lowest BCUT2D eigenvalue weighted by Crippen LogP contribution is -2.53. The summed E-state index contributed by atoms with van der Waals surface area (Å²) in [4.78, 5) is 13.6. The van der Waals surface area contributed by atoms with Crippen LogP contribution < -0.4 is 5.32 Å². The second kappa shape index (κ2) is 6.85. The van der Waals surface area contributed by atoms with Crippen LogP contribution in [0.25, 0.3) is 0 Å². The van der Waals surface area contributed by atoms with E-state index in [4.69, 9.17) is 11.6 Å². The largest absolute Gasteiger partial charge is 0.336 e. The Morgan fingerprint density at radius 3 is 2.32 bits per heavy atom. The van der Waals surface area contributed by atoms with Gasteiger partial charge in [0.05, 0.1) is 5.02 Å². The van der Waals surface area contributed by atoms with Gasteiger partial charge in [-0.1, -0.05) is 23.7 Å². The van der Waals surface area contributed by atoms with Gasteiger partial charge in [0.15, 0.2) is 0 Å². The number of amides is 2. The number of halogens is 1. The van der Waals surface area contributed by atoms with Crippen LogP contribution in [0.3, 0.4) is 0 Å². The number of urea groups is 1. The minimum absolute atomic E-state index is 0.0531. The van der Waals surface area contributed by atoms with Gasteiger partial charge in [0.1, 0.15) is 4.90 Å². The summed E-state index contributed by atoms with van der Waals surface area (Å²) in [6, 6.07) is 6.28. The van der Waals surface area contributed by atoms with Crippen molar-refractivity contribution < 1.29 is 13.2 Å². The van der Waals surface area contributed by atoms with E-state index < -0.39 is 10.0 Å². The number of carbonyl (C=O) groups excluding carboxylic acids is 1. The highest BCUT2D eigenvalue weighted by molar-refractivity contribution is 7.89. The Hall–Kier alpha value is -1.31. The Labute approximate surface area is 136 Å². The summed E-state index contributed by atoms with van der Waals surface area (Å²) in [6.45, 7) is 5.02. The van der Waals surface area contributed by atoms with Gasteiger partial charge < -0.3 is 10.2 Å². The highest BCUT2D eigenvalue weighted by Crippen LogP contribution is 2.24. The fourth-order valence-corrected chi connectivity index (χ4v) is 4.18. The highest BCUT2D eigenvalue weighted by Gasteiger charge is 2.31. The smallest absolute Gasteiger partial charge is 0.317 e. The average molecular weight is 346 g/mol. The molecule has 6 nitrogen and oxygen atoms in total. The van der Waals surface area contributed by atoms with E-state index in [0.717, 1.165) is 0 Å². The zero-order valence-corrected chi connectivity index (χ0v) is 14.2. The molecule has 0 atom stereocenters. The van der Waals surface area contributed by atoms with Crippen molar-refractivity contribution in [3.63, 3.8) is 0 Å². The first-order valence-electron chi connectivity index (χ1n) is 7.12. The summed E-state index contributed by atoms with van der Waals surface area (Å²) in [7, 11) is -3.62. The maximum atomic E-state index is 12.6. The lowest BCUT2D eigenvalue weighted by atomic mass is 10.3. The SMILES string of the molecule is CC(C)NC(=O)N1CCN(S(=O)(=O)c2ccccc2Cl)CC1. The quantitative estimate of drug-likeness (QED) is 0.907. The van der Waals surface area contributed by atoms with Crippen molar-refractivity contribution in [2.75, 3.05) is 26.2 Å². The van der Waals surface area contributed by atoms with Gasteiger partial charge in [-0.3, -0.25) is 0 Å². The topological polar surface area (TPSA) is 69.7 Å². The predicted molar refractivity (Wildman–Crippen MR) is 85.5 cm³/mol. The van der Waals surface area contributed by atoms with Gasteiger partial charge in [0.2, 0.25) is 10.0 Å². The number of sulfonamides is 1. The number of nitrogens with zero attached hydrogens (tertiary/aromatic N) is 2. The lowest BCUT2D eigenvalue weighted by molar-refractivity contribution is 0.170. The Balaban J connectivity index is 2.05. The second-order valence-corrected chi connectivity index (χ2v) is 7.74. The van der Waals surface area contributed by atoms with E-state index in [9.17, 15) is 13.2 Å². The summed E-state index contributed by atoms with van der Waals surface area (Å²) >= 11 is 5.98. The molecule has 0 radical (unpaired) electrons. The third-order valence-corrected chi connectivity index (χ3v) is 5.79. The van der Waals surface area contributed by atoms with E-state index in [1.807, 2.05) is 13.8 Å². The second-order valence-electron chi connectivity index (χ2n) is 5.43. The van der Waals surface area contributed by atoms with Gasteiger partial charge in [0.25, 0.3) is 0 Å². The van der Waals surface area contributed by atoms with E-state index in [-0.39, 0.29) is 35.1 Å². The van der Waals surface area contributed by atoms with Crippen LogP contribution in [0, 0.1) is 0 Å². The minimum atomic E-state index is -3.62. The summed E-state index contributed by atoms with van der Waals surface area (Å²) < 4.78 is 26.5. The third kappa shape index (κ3) is 3.71. The Morgan fingerprint density at radius 2 is 1.77 bits per heavy atom. The summed E-state index contributed by atoms with van der Waals surface area (Å²) in [5.74, 6) is 0. The normalized spacial score (nSPS) is 16.8. The molecule has 1 aliphatic rings. The van der Waals surface area contributed by atoms with Crippen LogP contribution in [0.1, 0.15) is 13.8 Å². The molecule has 0 spiro atoms. The molecular weight excluding hydrogens is 326 g/mol. The molecular formula is C14H20ClN3O3S. The fourth-order valence-electron chi connectivity index (χ4n) is 2.26. The minimum Gasteiger partial charge on any atom is -0.336 e. The highest BCUT2D eigenvalue weighted by atomic mass is 35.5. The van der Waals surface area contributed by atoms with Crippen molar-refractivity contribution >= 4 is 27.7 Å². The first-order valence-corrected chi connectivity index (χ1v) is 8.94. The Bertz CT molecular complexity index is 640. The van der Waals surface area contributed by atoms with Crippen molar-refractivity contribution in [3.8, 4) is 0 Å². The van der Waals surface area contributed by atoms with E-state index in [1.54, 1.807) is 23.1 Å². The molecule has 1 saturated heterocycles. The van der Waals surface area contributed by atoms with Gasteiger partial charge in [-0.25, -0.2) is 13.2 Å². The molecule has 0 aromatic heterocycles. The van der Waals surface area contributed by atoms with Crippen LogP contribution in [-0.4, -0.2) is 55.9 Å². The standard InChI is InChI=1S/C14H20ClN3O3S/c1-11(2)16-14(19)17-7-9-18(10-8-17)22(20,21)13-6-4-3-5-12(13)15/h3-6,11H,7-10H2,1-2H3,(H,16,19). The van der Waals surface area contributed by atoms with Crippen LogP contribution in [0.5, 0.6) is 0 Å². The van der Waals surface area contributed by atoms with Crippen molar-refractivity contribution in [2.45, 2.75) is 24.8 Å². The number of benzene rings is 1. The van der Waals surface area contributed by atoms with Gasteiger partial charge in [-0.15, -0.1) is 0 Å². The molecule has 0 saturated carbocycles. The Morgan fingerprint density at radius 1 is 1.18 bits per heavy atom. The van der Waals surface area contributed by atoms with Crippen molar-refractivity contribution in [1.29, 1.82) is 0 Å². The molecule has 1 heterocycles. The van der Waals surface area contributed by atoms with E-state index in [1.165, 1.54) is 10.4 Å². The van der Waals surface area contributed by atoms with E-state index in [2.05, 4.69) is 5.32 Å². The Kier molecular flexibility index (Phi) is 5.31.